The Balaban J connectivity index is 2.61. The van der Waals surface area contributed by atoms with Gasteiger partial charge in [-0.05, 0) is 30.2 Å². The topological polar surface area (TPSA) is 38.0 Å². The van der Waals surface area contributed by atoms with Crippen LogP contribution in [0.4, 0.5) is 5.69 Å². The largest absolute Gasteiger partial charge is 0.381 e. The van der Waals surface area contributed by atoms with Crippen molar-refractivity contribution in [1.82, 2.24) is 0 Å². The second-order valence-corrected chi connectivity index (χ2v) is 6.57. The van der Waals surface area contributed by atoms with E-state index in [1.54, 1.807) is 0 Å². The van der Waals surface area contributed by atoms with Crippen molar-refractivity contribution in [1.29, 1.82) is 0 Å². The molecule has 0 aliphatic heterocycles. The minimum atomic E-state index is 0.346. The smallest absolute Gasteiger partial charge is 0.0406 e. The van der Waals surface area contributed by atoms with E-state index in [0.717, 1.165) is 5.69 Å². The van der Waals surface area contributed by atoms with Crippen LogP contribution in [0.15, 0.2) is 29.2 Å². The van der Waals surface area contributed by atoms with Crippen LogP contribution in [0.1, 0.15) is 27.7 Å². The van der Waals surface area contributed by atoms with E-state index < -0.39 is 0 Å². The fraction of sp³-hybridized carbons (Fsp3) is 0.571. The van der Waals surface area contributed by atoms with Crippen LogP contribution in [0.5, 0.6) is 0 Å². The Hall–Kier alpha value is -0.670. The maximum atomic E-state index is 5.75. The van der Waals surface area contributed by atoms with Crippen LogP contribution in [0, 0.1) is 5.92 Å². The summed E-state index contributed by atoms with van der Waals surface area (Å²) in [4.78, 5) is 1.32. The Labute approximate surface area is 109 Å². The summed E-state index contributed by atoms with van der Waals surface area (Å²) < 4.78 is 0. The lowest BCUT2D eigenvalue weighted by Gasteiger charge is -2.21. The van der Waals surface area contributed by atoms with Crippen molar-refractivity contribution in [3.63, 3.8) is 0 Å². The summed E-state index contributed by atoms with van der Waals surface area (Å²) in [5.41, 5.74) is 6.91. The molecule has 17 heavy (non-hydrogen) atoms. The molecule has 3 heteroatoms. The molecule has 0 saturated heterocycles. The summed E-state index contributed by atoms with van der Waals surface area (Å²) in [7, 11) is 0. The fourth-order valence-corrected chi connectivity index (χ4v) is 2.45. The van der Waals surface area contributed by atoms with Gasteiger partial charge < -0.3 is 11.1 Å². The SMILES string of the molecule is CC(C)Sc1ccc(NC(CN)C(C)C)cc1. The zero-order valence-corrected chi connectivity index (χ0v) is 12.1. The number of hydrogen-bond acceptors (Lipinski definition) is 3. The van der Waals surface area contributed by atoms with E-state index >= 15 is 0 Å². The van der Waals surface area contributed by atoms with Crippen molar-refractivity contribution in [2.75, 3.05) is 11.9 Å². The van der Waals surface area contributed by atoms with E-state index in [2.05, 4.69) is 57.3 Å². The minimum absolute atomic E-state index is 0.346. The third-order valence-electron chi connectivity index (χ3n) is 2.64. The first-order valence-corrected chi connectivity index (χ1v) is 7.14. The van der Waals surface area contributed by atoms with Gasteiger partial charge in [0.25, 0.3) is 0 Å². The third-order valence-corrected chi connectivity index (χ3v) is 3.65. The van der Waals surface area contributed by atoms with Gasteiger partial charge in [-0.25, -0.2) is 0 Å². The van der Waals surface area contributed by atoms with Crippen molar-refractivity contribution in [3.05, 3.63) is 24.3 Å². The number of hydrogen-bond donors (Lipinski definition) is 2. The number of nitrogens with one attached hydrogen (secondary N) is 1. The molecule has 0 aromatic heterocycles. The summed E-state index contributed by atoms with van der Waals surface area (Å²) in [6.45, 7) is 9.46. The lowest BCUT2D eigenvalue weighted by atomic mass is 10.0. The van der Waals surface area contributed by atoms with Gasteiger partial charge in [-0.2, -0.15) is 0 Å². The van der Waals surface area contributed by atoms with Gasteiger partial charge >= 0.3 is 0 Å². The molecular formula is C14H24N2S. The first kappa shape index (κ1) is 14.4. The molecule has 0 spiro atoms. The molecule has 96 valence electrons. The molecule has 1 atom stereocenters. The molecule has 1 rings (SSSR count). The zero-order chi connectivity index (χ0) is 12.8. The first-order valence-electron chi connectivity index (χ1n) is 6.26. The van der Waals surface area contributed by atoms with Crippen molar-refractivity contribution in [2.45, 2.75) is 43.9 Å². The summed E-state index contributed by atoms with van der Waals surface area (Å²) >= 11 is 1.89. The Bertz CT molecular complexity index is 319. The molecule has 0 radical (unpaired) electrons. The number of thioether (sulfide) groups is 1. The molecule has 1 aromatic carbocycles. The molecule has 0 fully saturated rings. The van der Waals surface area contributed by atoms with E-state index in [0.29, 0.717) is 23.8 Å². The zero-order valence-electron chi connectivity index (χ0n) is 11.2. The number of benzene rings is 1. The van der Waals surface area contributed by atoms with Crippen LogP contribution >= 0.6 is 11.8 Å². The third kappa shape index (κ3) is 5.00. The van der Waals surface area contributed by atoms with Crippen molar-refractivity contribution in [3.8, 4) is 0 Å². The van der Waals surface area contributed by atoms with Crippen molar-refractivity contribution >= 4 is 17.4 Å². The molecule has 0 saturated carbocycles. The van der Waals surface area contributed by atoms with E-state index in [1.807, 2.05) is 11.8 Å². The summed E-state index contributed by atoms with van der Waals surface area (Å²) in [6.07, 6.45) is 0. The predicted molar refractivity (Wildman–Crippen MR) is 78.7 cm³/mol. The normalized spacial score (nSPS) is 13.1. The lowest BCUT2D eigenvalue weighted by molar-refractivity contribution is 0.531. The molecule has 0 heterocycles. The quantitative estimate of drug-likeness (QED) is 0.760. The highest BCUT2D eigenvalue weighted by Crippen LogP contribution is 2.24. The maximum Gasteiger partial charge on any atom is 0.0406 e. The summed E-state index contributed by atoms with van der Waals surface area (Å²) in [6, 6.07) is 8.95. The standard InChI is InChI=1S/C14H24N2S/c1-10(2)14(9-15)16-12-5-7-13(8-6-12)17-11(3)4/h5-8,10-11,14,16H,9,15H2,1-4H3. The maximum absolute atomic E-state index is 5.75. The Morgan fingerprint density at radius 3 is 2.12 bits per heavy atom. The fourth-order valence-electron chi connectivity index (χ4n) is 1.61. The highest BCUT2D eigenvalue weighted by atomic mass is 32.2. The van der Waals surface area contributed by atoms with Crippen LogP contribution in [-0.4, -0.2) is 17.8 Å². The van der Waals surface area contributed by atoms with Crippen LogP contribution in [0.25, 0.3) is 0 Å². The van der Waals surface area contributed by atoms with Gasteiger partial charge in [0, 0.05) is 28.4 Å². The Morgan fingerprint density at radius 1 is 1.12 bits per heavy atom. The van der Waals surface area contributed by atoms with E-state index in [9.17, 15) is 0 Å². The molecular weight excluding hydrogens is 228 g/mol. The second kappa shape index (κ2) is 6.92. The highest BCUT2D eigenvalue weighted by molar-refractivity contribution is 7.99. The summed E-state index contributed by atoms with van der Waals surface area (Å²) in [5, 5.41) is 4.10. The van der Waals surface area contributed by atoms with Gasteiger partial charge in [0.2, 0.25) is 0 Å². The molecule has 0 aliphatic rings. The molecule has 3 N–H and O–H groups in total. The van der Waals surface area contributed by atoms with Gasteiger partial charge in [0.1, 0.15) is 0 Å². The lowest BCUT2D eigenvalue weighted by Crippen LogP contribution is -2.33. The molecule has 1 aromatic rings. The van der Waals surface area contributed by atoms with E-state index in [1.165, 1.54) is 4.90 Å². The first-order chi connectivity index (χ1) is 8.02. The Morgan fingerprint density at radius 2 is 1.71 bits per heavy atom. The Kier molecular flexibility index (Phi) is 5.86. The van der Waals surface area contributed by atoms with Crippen LogP contribution in [0.2, 0.25) is 0 Å². The monoisotopic (exact) mass is 252 g/mol. The van der Waals surface area contributed by atoms with Crippen molar-refractivity contribution < 1.29 is 0 Å². The summed E-state index contributed by atoms with van der Waals surface area (Å²) in [5.74, 6) is 0.546. The molecule has 1 unspecified atom stereocenters. The van der Waals surface area contributed by atoms with Gasteiger partial charge in [-0.1, -0.05) is 27.7 Å². The number of anilines is 1. The molecule has 0 amide bonds. The van der Waals surface area contributed by atoms with Gasteiger partial charge in [-0.15, -0.1) is 11.8 Å². The molecule has 0 aliphatic carbocycles. The molecule has 2 nitrogen and oxygen atoms in total. The van der Waals surface area contributed by atoms with Gasteiger partial charge in [-0.3, -0.25) is 0 Å². The minimum Gasteiger partial charge on any atom is -0.381 e. The van der Waals surface area contributed by atoms with Crippen LogP contribution < -0.4 is 11.1 Å². The average Bonchev–Trinajstić information content (AvgIpc) is 2.26. The van der Waals surface area contributed by atoms with E-state index in [-0.39, 0.29) is 0 Å². The van der Waals surface area contributed by atoms with Crippen molar-refractivity contribution in [2.24, 2.45) is 11.7 Å². The van der Waals surface area contributed by atoms with E-state index in [4.69, 9.17) is 5.73 Å². The predicted octanol–water partition coefficient (Wildman–Crippen LogP) is 3.58. The van der Waals surface area contributed by atoms with Gasteiger partial charge in [0.05, 0.1) is 0 Å². The van der Waals surface area contributed by atoms with Gasteiger partial charge in [0.15, 0.2) is 0 Å². The van der Waals surface area contributed by atoms with Crippen LogP contribution in [0.3, 0.4) is 0 Å². The highest BCUT2D eigenvalue weighted by Gasteiger charge is 2.10. The average molecular weight is 252 g/mol. The molecule has 0 bridgehead atoms. The number of rotatable bonds is 6. The van der Waals surface area contributed by atoms with Crippen LogP contribution in [-0.2, 0) is 0 Å². The number of nitrogens with two attached hydrogens (primary N) is 1. The second-order valence-electron chi connectivity index (χ2n) is 4.92.